The first-order chi connectivity index (χ1) is 10.9. The Bertz CT molecular complexity index is 701. The zero-order chi connectivity index (χ0) is 16.8. The van der Waals surface area contributed by atoms with Crippen LogP contribution in [0.1, 0.15) is 11.1 Å². The standard InChI is InChI=1S/C17H15F2NO3/c18-13-6-4-11(5-7-13)9-15(17(22)23)20-16(21)10-12-2-1-3-14(19)8-12/h1-8,15H,9-10H2,(H,20,21)(H,22,23). The van der Waals surface area contributed by atoms with E-state index in [4.69, 9.17) is 0 Å². The lowest BCUT2D eigenvalue weighted by atomic mass is 10.1. The molecule has 0 aliphatic heterocycles. The maximum atomic E-state index is 13.1. The third-order valence-electron chi connectivity index (χ3n) is 3.24. The molecule has 2 aromatic rings. The zero-order valence-corrected chi connectivity index (χ0v) is 12.1. The van der Waals surface area contributed by atoms with Gasteiger partial charge in [0.2, 0.25) is 5.91 Å². The Hall–Kier alpha value is -2.76. The van der Waals surface area contributed by atoms with Crippen molar-refractivity contribution in [2.24, 2.45) is 0 Å². The molecule has 2 N–H and O–H groups in total. The van der Waals surface area contributed by atoms with Crippen molar-refractivity contribution in [2.45, 2.75) is 18.9 Å². The molecule has 4 nitrogen and oxygen atoms in total. The molecule has 23 heavy (non-hydrogen) atoms. The van der Waals surface area contributed by atoms with Gasteiger partial charge in [-0.05, 0) is 35.4 Å². The molecule has 0 saturated carbocycles. The summed E-state index contributed by atoms with van der Waals surface area (Å²) in [6.45, 7) is 0. The van der Waals surface area contributed by atoms with Crippen molar-refractivity contribution < 1.29 is 23.5 Å². The Labute approximate surface area is 131 Å². The lowest BCUT2D eigenvalue weighted by Crippen LogP contribution is -2.43. The van der Waals surface area contributed by atoms with E-state index in [9.17, 15) is 23.5 Å². The minimum Gasteiger partial charge on any atom is -0.480 e. The van der Waals surface area contributed by atoms with Crippen LogP contribution in [0.2, 0.25) is 0 Å². The van der Waals surface area contributed by atoms with E-state index in [1.165, 1.54) is 42.5 Å². The molecule has 2 rings (SSSR count). The topological polar surface area (TPSA) is 66.4 Å². The molecule has 0 aliphatic carbocycles. The molecular formula is C17H15F2NO3. The van der Waals surface area contributed by atoms with Gasteiger partial charge in [0.1, 0.15) is 17.7 Å². The summed E-state index contributed by atoms with van der Waals surface area (Å²) in [4.78, 5) is 23.2. The van der Waals surface area contributed by atoms with Crippen LogP contribution in [0.5, 0.6) is 0 Å². The Morgan fingerprint density at radius 3 is 2.30 bits per heavy atom. The normalized spacial score (nSPS) is 11.7. The second-order valence-electron chi connectivity index (χ2n) is 5.10. The van der Waals surface area contributed by atoms with Crippen molar-refractivity contribution in [1.29, 1.82) is 0 Å². The third-order valence-corrected chi connectivity index (χ3v) is 3.24. The van der Waals surface area contributed by atoms with Crippen LogP contribution in [-0.2, 0) is 22.4 Å². The van der Waals surface area contributed by atoms with Crippen molar-refractivity contribution in [3.05, 3.63) is 71.3 Å². The fraction of sp³-hybridized carbons (Fsp3) is 0.176. The summed E-state index contributed by atoms with van der Waals surface area (Å²) in [6.07, 6.45) is -0.0878. The molecular weight excluding hydrogens is 304 g/mol. The first kappa shape index (κ1) is 16.6. The molecule has 0 radical (unpaired) electrons. The van der Waals surface area contributed by atoms with E-state index in [1.54, 1.807) is 6.07 Å². The number of halogens is 2. The number of amides is 1. The number of nitrogens with one attached hydrogen (secondary N) is 1. The number of rotatable bonds is 6. The largest absolute Gasteiger partial charge is 0.480 e. The summed E-state index contributed by atoms with van der Waals surface area (Å²) < 4.78 is 25.9. The molecule has 1 unspecified atom stereocenters. The van der Waals surface area contributed by atoms with Crippen molar-refractivity contribution >= 4 is 11.9 Å². The first-order valence-corrected chi connectivity index (χ1v) is 6.95. The number of carboxylic acid groups (broad SMARTS) is 1. The van der Waals surface area contributed by atoms with Crippen LogP contribution < -0.4 is 5.32 Å². The van der Waals surface area contributed by atoms with Gasteiger partial charge in [-0.25, -0.2) is 13.6 Å². The van der Waals surface area contributed by atoms with Crippen LogP contribution in [0.3, 0.4) is 0 Å². The van der Waals surface area contributed by atoms with Crippen molar-refractivity contribution in [1.82, 2.24) is 5.32 Å². The molecule has 0 bridgehead atoms. The number of hydrogen-bond acceptors (Lipinski definition) is 2. The molecule has 1 atom stereocenters. The lowest BCUT2D eigenvalue weighted by Gasteiger charge is -2.14. The van der Waals surface area contributed by atoms with E-state index >= 15 is 0 Å². The maximum absolute atomic E-state index is 13.1. The number of aliphatic carboxylic acids is 1. The van der Waals surface area contributed by atoms with Gasteiger partial charge in [0.15, 0.2) is 0 Å². The predicted octanol–water partition coefficient (Wildman–Crippen LogP) is 2.32. The van der Waals surface area contributed by atoms with Gasteiger partial charge in [-0.3, -0.25) is 4.79 Å². The Balaban J connectivity index is 1.99. The van der Waals surface area contributed by atoms with Crippen LogP contribution in [0.15, 0.2) is 48.5 Å². The highest BCUT2D eigenvalue weighted by atomic mass is 19.1. The molecule has 0 aromatic heterocycles. The monoisotopic (exact) mass is 319 g/mol. The van der Waals surface area contributed by atoms with Gasteiger partial charge in [-0.15, -0.1) is 0 Å². The van der Waals surface area contributed by atoms with Gasteiger partial charge in [-0.1, -0.05) is 24.3 Å². The van der Waals surface area contributed by atoms with Crippen molar-refractivity contribution in [3.8, 4) is 0 Å². The van der Waals surface area contributed by atoms with Crippen LogP contribution >= 0.6 is 0 Å². The number of benzene rings is 2. The molecule has 0 saturated heterocycles. The highest BCUT2D eigenvalue weighted by molar-refractivity contribution is 5.85. The number of hydrogen-bond donors (Lipinski definition) is 2. The fourth-order valence-corrected chi connectivity index (χ4v) is 2.13. The maximum Gasteiger partial charge on any atom is 0.326 e. The summed E-state index contributed by atoms with van der Waals surface area (Å²) in [5.41, 5.74) is 1.04. The summed E-state index contributed by atoms with van der Waals surface area (Å²) in [5, 5.41) is 11.6. The quantitative estimate of drug-likeness (QED) is 0.859. The molecule has 6 heteroatoms. The van der Waals surface area contributed by atoms with Gasteiger partial charge in [0, 0.05) is 6.42 Å². The molecule has 0 spiro atoms. The average molecular weight is 319 g/mol. The number of carboxylic acids is 1. The van der Waals surface area contributed by atoms with E-state index in [0.717, 1.165) is 0 Å². The van der Waals surface area contributed by atoms with Gasteiger partial charge in [0.05, 0.1) is 6.42 Å². The second-order valence-corrected chi connectivity index (χ2v) is 5.10. The molecule has 2 aromatic carbocycles. The summed E-state index contributed by atoms with van der Waals surface area (Å²) in [5.74, 6) is -2.60. The van der Waals surface area contributed by atoms with Crippen LogP contribution in [-0.4, -0.2) is 23.0 Å². The SMILES string of the molecule is O=C(Cc1cccc(F)c1)NC(Cc1ccc(F)cc1)C(=O)O. The number of carbonyl (C=O) groups is 2. The van der Waals surface area contributed by atoms with E-state index in [-0.39, 0.29) is 12.8 Å². The number of carbonyl (C=O) groups excluding carboxylic acids is 1. The Morgan fingerprint density at radius 1 is 1.00 bits per heavy atom. The Kier molecular flexibility index (Phi) is 5.41. The van der Waals surface area contributed by atoms with Gasteiger partial charge < -0.3 is 10.4 Å². The predicted molar refractivity (Wildman–Crippen MR) is 79.8 cm³/mol. The minimum absolute atomic E-state index is 0.0322. The van der Waals surface area contributed by atoms with Crippen molar-refractivity contribution in [2.75, 3.05) is 0 Å². The molecule has 0 heterocycles. The molecule has 120 valence electrons. The van der Waals surface area contributed by atoms with E-state index in [1.807, 2.05) is 0 Å². The molecule has 0 aliphatic rings. The van der Waals surface area contributed by atoms with E-state index < -0.39 is 29.6 Å². The zero-order valence-electron chi connectivity index (χ0n) is 12.1. The van der Waals surface area contributed by atoms with Crippen LogP contribution in [0.25, 0.3) is 0 Å². The summed E-state index contributed by atoms with van der Waals surface area (Å²) >= 11 is 0. The first-order valence-electron chi connectivity index (χ1n) is 6.95. The van der Waals surface area contributed by atoms with Gasteiger partial charge >= 0.3 is 5.97 Å². The highest BCUT2D eigenvalue weighted by Crippen LogP contribution is 2.08. The van der Waals surface area contributed by atoms with Crippen molar-refractivity contribution in [3.63, 3.8) is 0 Å². The summed E-state index contributed by atoms with van der Waals surface area (Å²) in [7, 11) is 0. The molecule has 1 amide bonds. The summed E-state index contributed by atoms with van der Waals surface area (Å²) in [6, 6.07) is 9.77. The van der Waals surface area contributed by atoms with Gasteiger partial charge in [-0.2, -0.15) is 0 Å². The average Bonchev–Trinajstić information content (AvgIpc) is 2.48. The highest BCUT2D eigenvalue weighted by Gasteiger charge is 2.20. The van der Waals surface area contributed by atoms with Crippen LogP contribution in [0, 0.1) is 11.6 Å². The Morgan fingerprint density at radius 2 is 1.70 bits per heavy atom. The minimum atomic E-state index is -1.19. The lowest BCUT2D eigenvalue weighted by molar-refractivity contribution is -0.141. The second kappa shape index (κ2) is 7.49. The fourth-order valence-electron chi connectivity index (χ4n) is 2.13. The van der Waals surface area contributed by atoms with E-state index in [2.05, 4.69) is 5.32 Å². The van der Waals surface area contributed by atoms with Crippen LogP contribution in [0.4, 0.5) is 8.78 Å². The van der Waals surface area contributed by atoms with Gasteiger partial charge in [0.25, 0.3) is 0 Å². The smallest absolute Gasteiger partial charge is 0.326 e. The molecule has 0 fully saturated rings. The van der Waals surface area contributed by atoms with E-state index in [0.29, 0.717) is 11.1 Å². The third kappa shape index (κ3) is 5.18.